The molecule has 2 amide bonds. The third-order valence-electron chi connectivity index (χ3n) is 5.16. The Labute approximate surface area is 167 Å². The Bertz CT molecular complexity index is 702. The summed E-state index contributed by atoms with van der Waals surface area (Å²) in [5, 5.41) is 2.95. The van der Waals surface area contributed by atoms with Crippen molar-refractivity contribution in [3.05, 3.63) is 18.2 Å². The lowest BCUT2D eigenvalue weighted by Crippen LogP contribution is -2.44. The average Bonchev–Trinajstić information content (AvgIpc) is 2.97. The molecular formula is C20H30ClN3O3. The zero-order chi connectivity index (χ0) is 18.9. The minimum Gasteiger partial charge on any atom is -0.490 e. The van der Waals surface area contributed by atoms with Crippen LogP contribution in [-0.2, 0) is 9.59 Å². The number of nitrogens with one attached hydrogen (secondary N) is 1. The van der Waals surface area contributed by atoms with Crippen LogP contribution in [-0.4, -0.2) is 31.0 Å². The molecule has 27 heavy (non-hydrogen) atoms. The van der Waals surface area contributed by atoms with E-state index in [1.54, 1.807) is 4.90 Å². The van der Waals surface area contributed by atoms with Gasteiger partial charge in [0.1, 0.15) is 12.4 Å². The van der Waals surface area contributed by atoms with Crippen LogP contribution in [0, 0.1) is 11.3 Å². The molecule has 0 aromatic heterocycles. The Morgan fingerprint density at radius 2 is 2.04 bits per heavy atom. The highest BCUT2D eigenvalue weighted by atomic mass is 35.5. The van der Waals surface area contributed by atoms with E-state index in [0.717, 1.165) is 19.3 Å². The molecule has 1 aromatic rings. The predicted octanol–water partition coefficient (Wildman–Crippen LogP) is 3.34. The molecule has 0 radical (unpaired) electrons. The van der Waals surface area contributed by atoms with Crippen LogP contribution in [0.15, 0.2) is 18.2 Å². The second-order valence-corrected chi connectivity index (χ2v) is 8.34. The van der Waals surface area contributed by atoms with Gasteiger partial charge in [-0.25, -0.2) is 0 Å². The van der Waals surface area contributed by atoms with E-state index in [0.29, 0.717) is 36.7 Å². The summed E-state index contributed by atoms with van der Waals surface area (Å²) >= 11 is 0. The molecule has 1 fully saturated rings. The largest absolute Gasteiger partial charge is 0.490 e. The zero-order valence-electron chi connectivity index (χ0n) is 16.3. The lowest BCUT2D eigenvalue weighted by atomic mass is 9.94. The van der Waals surface area contributed by atoms with Crippen LogP contribution in [0.4, 0.5) is 11.4 Å². The van der Waals surface area contributed by atoms with E-state index < -0.39 is 5.41 Å². The van der Waals surface area contributed by atoms with Crippen molar-refractivity contribution in [1.82, 2.24) is 0 Å². The summed E-state index contributed by atoms with van der Waals surface area (Å²) in [5.74, 6) is 0.944. The Hall–Kier alpha value is -1.79. The van der Waals surface area contributed by atoms with Gasteiger partial charge in [0.25, 0.3) is 0 Å². The van der Waals surface area contributed by atoms with Crippen molar-refractivity contribution in [2.75, 3.05) is 23.4 Å². The van der Waals surface area contributed by atoms with E-state index in [2.05, 4.69) is 5.32 Å². The molecule has 0 unspecified atom stereocenters. The second kappa shape index (κ2) is 8.48. The molecular weight excluding hydrogens is 366 g/mol. The van der Waals surface area contributed by atoms with Gasteiger partial charge in [0.05, 0.1) is 12.2 Å². The molecule has 0 bridgehead atoms. The van der Waals surface area contributed by atoms with Gasteiger partial charge >= 0.3 is 0 Å². The molecule has 3 rings (SSSR count). The van der Waals surface area contributed by atoms with Crippen molar-refractivity contribution in [3.63, 3.8) is 0 Å². The minimum absolute atomic E-state index is 0. The van der Waals surface area contributed by atoms with Gasteiger partial charge in [-0.15, -0.1) is 12.4 Å². The molecule has 0 saturated heterocycles. The summed E-state index contributed by atoms with van der Waals surface area (Å²) in [7, 11) is 0. The zero-order valence-corrected chi connectivity index (χ0v) is 17.1. The van der Waals surface area contributed by atoms with Crippen molar-refractivity contribution in [3.8, 4) is 5.75 Å². The van der Waals surface area contributed by atoms with Crippen molar-refractivity contribution in [1.29, 1.82) is 0 Å². The summed E-state index contributed by atoms with van der Waals surface area (Å²) in [5.41, 5.74) is 6.98. The summed E-state index contributed by atoms with van der Waals surface area (Å²) in [4.78, 5) is 26.9. The van der Waals surface area contributed by atoms with Crippen molar-refractivity contribution in [2.45, 2.75) is 52.5 Å². The molecule has 1 heterocycles. The summed E-state index contributed by atoms with van der Waals surface area (Å²) < 4.78 is 5.68. The molecule has 150 valence electrons. The van der Waals surface area contributed by atoms with Crippen molar-refractivity contribution >= 4 is 35.6 Å². The molecule has 1 saturated carbocycles. The normalized spacial score (nSPS) is 21.7. The van der Waals surface area contributed by atoms with Crippen molar-refractivity contribution < 1.29 is 14.3 Å². The molecule has 6 nitrogen and oxygen atoms in total. The highest BCUT2D eigenvalue weighted by Crippen LogP contribution is 2.36. The Morgan fingerprint density at radius 1 is 1.30 bits per heavy atom. The SMILES string of the molecule is CC(C)(C)C(=O)N1CCOc2ccc(NC(=O)C[C@@H]3CCC[C@H]3N)cc21.Cl. The number of rotatable bonds is 3. The van der Waals surface area contributed by atoms with Crippen LogP contribution in [0.3, 0.4) is 0 Å². The van der Waals surface area contributed by atoms with Gasteiger partial charge in [0, 0.05) is 23.6 Å². The number of halogens is 1. The van der Waals surface area contributed by atoms with Crippen LogP contribution in [0.25, 0.3) is 0 Å². The third-order valence-corrected chi connectivity index (χ3v) is 5.16. The van der Waals surface area contributed by atoms with Gasteiger partial charge in [-0.2, -0.15) is 0 Å². The maximum absolute atomic E-state index is 12.8. The van der Waals surface area contributed by atoms with Crippen LogP contribution in [0.1, 0.15) is 46.5 Å². The number of hydrogen-bond donors (Lipinski definition) is 2. The number of nitrogens with two attached hydrogens (primary N) is 1. The number of hydrogen-bond acceptors (Lipinski definition) is 4. The first-order valence-corrected chi connectivity index (χ1v) is 9.40. The minimum atomic E-state index is -0.480. The Kier molecular flexibility index (Phi) is 6.76. The Morgan fingerprint density at radius 3 is 2.67 bits per heavy atom. The quantitative estimate of drug-likeness (QED) is 0.821. The van der Waals surface area contributed by atoms with E-state index in [1.807, 2.05) is 39.0 Å². The van der Waals surface area contributed by atoms with Crippen LogP contribution in [0.2, 0.25) is 0 Å². The molecule has 1 aliphatic carbocycles. The number of amides is 2. The van der Waals surface area contributed by atoms with Gasteiger partial charge in [0.15, 0.2) is 0 Å². The lowest BCUT2D eigenvalue weighted by molar-refractivity contribution is -0.126. The molecule has 1 aliphatic heterocycles. The third kappa shape index (κ3) is 4.93. The smallest absolute Gasteiger partial charge is 0.232 e. The van der Waals surface area contributed by atoms with Gasteiger partial charge < -0.3 is 20.7 Å². The van der Waals surface area contributed by atoms with Crippen LogP contribution in [0.5, 0.6) is 5.75 Å². The van der Waals surface area contributed by atoms with Gasteiger partial charge in [0.2, 0.25) is 11.8 Å². The fraction of sp³-hybridized carbons (Fsp3) is 0.600. The predicted molar refractivity (Wildman–Crippen MR) is 110 cm³/mol. The molecule has 0 spiro atoms. The highest BCUT2D eigenvalue weighted by molar-refractivity contribution is 6.00. The van der Waals surface area contributed by atoms with E-state index in [-0.39, 0.29) is 36.2 Å². The van der Waals surface area contributed by atoms with Gasteiger partial charge in [-0.3, -0.25) is 9.59 Å². The molecule has 7 heteroatoms. The number of nitrogens with zero attached hydrogens (tertiary/aromatic N) is 1. The molecule has 3 N–H and O–H groups in total. The van der Waals surface area contributed by atoms with E-state index in [1.165, 1.54) is 0 Å². The topological polar surface area (TPSA) is 84.7 Å². The number of ether oxygens (including phenoxy) is 1. The fourth-order valence-corrected chi connectivity index (χ4v) is 3.68. The first-order valence-electron chi connectivity index (χ1n) is 9.40. The van der Waals surface area contributed by atoms with E-state index in [4.69, 9.17) is 10.5 Å². The fourth-order valence-electron chi connectivity index (χ4n) is 3.68. The summed E-state index contributed by atoms with van der Waals surface area (Å²) in [6.07, 6.45) is 3.55. The van der Waals surface area contributed by atoms with Crippen LogP contribution < -0.4 is 20.7 Å². The monoisotopic (exact) mass is 395 g/mol. The van der Waals surface area contributed by atoms with Gasteiger partial charge in [-0.1, -0.05) is 27.2 Å². The number of anilines is 2. The average molecular weight is 396 g/mol. The number of carbonyl (C=O) groups is 2. The van der Waals surface area contributed by atoms with Crippen molar-refractivity contribution in [2.24, 2.45) is 17.1 Å². The lowest BCUT2D eigenvalue weighted by Gasteiger charge is -2.34. The summed E-state index contributed by atoms with van der Waals surface area (Å²) in [6.45, 7) is 6.69. The number of carbonyl (C=O) groups excluding carboxylic acids is 2. The number of fused-ring (bicyclic) bond motifs is 1. The number of benzene rings is 1. The first kappa shape index (κ1) is 21.5. The maximum atomic E-state index is 12.8. The Balaban J connectivity index is 0.00000261. The summed E-state index contributed by atoms with van der Waals surface area (Å²) in [6, 6.07) is 5.58. The highest BCUT2D eigenvalue weighted by Gasteiger charge is 2.32. The van der Waals surface area contributed by atoms with E-state index in [9.17, 15) is 9.59 Å². The van der Waals surface area contributed by atoms with Crippen LogP contribution >= 0.6 is 12.4 Å². The molecule has 2 aliphatic rings. The first-order chi connectivity index (χ1) is 12.3. The molecule has 1 aromatic carbocycles. The second-order valence-electron chi connectivity index (χ2n) is 8.34. The molecule has 2 atom stereocenters. The van der Waals surface area contributed by atoms with E-state index >= 15 is 0 Å². The maximum Gasteiger partial charge on any atom is 0.232 e. The van der Waals surface area contributed by atoms with Gasteiger partial charge in [-0.05, 0) is 37.0 Å². The standard InChI is InChI=1S/C20H29N3O3.ClH/c1-20(2,3)19(25)23-9-10-26-17-8-7-14(12-16(17)23)22-18(24)11-13-5-4-6-15(13)21;/h7-8,12-13,15H,4-6,9-11,21H2,1-3H3,(H,22,24);1H/t13-,15+;/m0./s1.